The molecule has 0 fully saturated rings. The van der Waals surface area contributed by atoms with Crippen molar-refractivity contribution in [2.24, 2.45) is 0 Å². The average Bonchev–Trinajstić information content (AvgIpc) is 2.41. The molecule has 0 aliphatic heterocycles. The highest BCUT2D eigenvalue weighted by Gasteiger charge is 2.20. The molecule has 0 aliphatic carbocycles. The second kappa shape index (κ2) is 7.72. The highest BCUT2D eigenvalue weighted by molar-refractivity contribution is 6.31. The van der Waals surface area contributed by atoms with E-state index in [0.29, 0.717) is 18.2 Å². The molecule has 0 saturated carbocycles. The van der Waals surface area contributed by atoms with Crippen LogP contribution in [0.15, 0.2) is 18.2 Å². The number of carbonyl (C=O) groups is 2. The Morgan fingerprint density at radius 1 is 1.45 bits per heavy atom. The van der Waals surface area contributed by atoms with Crippen LogP contribution < -0.4 is 11.1 Å². The number of halogens is 1. The molecule has 0 heterocycles. The summed E-state index contributed by atoms with van der Waals surface area (Å²) in [7, 11) is 1.53. The number of nitrogens with one attached hydrogen (secondary N) is 1. The van der Waals surface area contributed by atoms with Crippen LogP contribution in [0.2, 0.25) is 5.02 Å². The summed E-state index contributed by atoms with van der Waals surface area (Å²) in [6.45, 7) is 2.20. The van der Waals surface area contributed by atoms with Gasteiger partial charge in [0.2, 0.25) is 0 Å². The van der Waals surface area contributed by atoms with Gasteiger partial charge in [-0.2, -0.15) is 0 Å². The van der Waals surface area contributed by atoms with E-state index in [0.717, 1.165) is 0 Å². The Morgan fingerprint density at radius 3 is 2.80 bits per heavy atom. The van der Waals surface area contributed by atoms with Gasteiger partial charge in [0.05, 0.1) is 12.2 Å². The summed E-state index contributed by atoms with van der Waals surface area (Å²) in [5.74, 6) is -1.10. The van der Waals surface area contributed by atoms with Gasteiger partial charge in [-0.05, 0) is 25.1 Å². The number of nitrogen functional groups attached to an aromatic ring is 1. The van der Waals surface area contributed by atoms with Gasteiger partial charge in [0, 0.05) is 24.4 Å². The number of rotatable bonds is 6. The van der Waals surface area contributed by atoms with Gasteiger partial charge in [-0.15, -0.1) is 0 Å². The number of methoxy groups -OCH3 is 1. The van der Waals surface area contributed by atoms with E-state index < -0.39 is 18.0 Å². The maximum atomic E-state index is 11.9. The van der Waals surface area contributed by atoms with Gasteiger partial charge in [0.1, 0.15) is 0 Å². The first kappa shape index (κ1) is 16.3. The maximum absolute atomic E-state index is 11.9. The predicted molar refractivity (Wildman–Crippen MR) is 75.6 cm³/mol. The number of hydrogen-bond donors (Lipinski definition) is 2. The van der Waals surface area contributed by atoms with Gasteiger partial charge in [-0.3, -0.25) is 4.79 Å². The Morgan fingerprint density at radius 2 is 2.15 bits per heavy atom. The molecule has 0 spiro atoms. The zero-order valence-electron chi connectivity index (χ0n) is 11.3. The number of amides is 1. The lowest BCUT2D eigenvalue weighted by Crippen LogP contribution is -2.37. The van der Waals surface area contributed by atoms with Crippen molar-refractivity contribution in [3.05, 3.63) is 28.8 Å². The van der Waals surface area contributed by atoms with Crippen molar-refractivity contribution in [2.75, 3.05) is 26.0 Å². The van der Waals surface area contributed by atoms with Crippen molar-refractivity contribution < 1.29 is 19.1 Å². The van der Waals surface area contributed by atoms with Crippen LogP contribution >= 0.6 is 11.6 Å². The van der Waals surface area contributed by atoms with Crippen molar-refractivity contribution in [2.45, 2.75) is 13.0 Å². The van der Waals surface area contributed by atoms with E-state index in [1.807, 2.05) is 0 Å². The van der Waals surface area contributed by atoms with Gasteiger partial charge in [-0.25, -0.2) is 4.79 Å². The monoisotopic (exact) mass is 300 g/mol. The van der Waals surface area contributed by atoms with E-state index in [1.165, 1.54) is 26.2 Å². The summed E-state index contributed by atoms with van der Waals surface area (Å²) in [4.78, 5) is 23.5. The van der Waals surface area contributed by atoms with Crippen molar-refractivity contribution in [3.8, 4) is 0 Å². The molecule has 7 heteroatoms. The minimum atomic E-state index is -0.933. The number of anilines is 1. The number of benzene rings is 1. The Labute approximate surface area is 122 Å². The predicted octanol–water partition coefficient (Wildman–Crippen LogP) is 1.23. The lowest BCUT2D eigenvalue weighted by Gasteiger charge is -2.14. The number of ether oxygens (including phenoxy) is 2. The lowest BCUT2D eigenvalue weighted by atomic mass is 10.2. The van der Waals surface area contributed by atoms with Crippen LogP contribution in [0.5, 0.6) is 0 Å². The molecule has 0 aliphatic rings. The van der Waals surface area contributed by atoms with Crippen molar-refractivity contribution in [3.63, 3.8) is 0 Å². The third kappa shape index (κ3) is 4.71. The van der Waals surface area contributed by atoms with Crippen molar-refractivity contribution >= 4 is 29.2 Å². The summed E-state index contributed by atoms with van der Waals surface area (Å²) in [6, 6.07) is 4.46. The highest BCUT2D eigenvalue weighted by Crippen LogP contribution is 2.19. The third-order valence-corrected chi connectivity index (χ3v) is 2.73. The quantitative estimate of drug-likeness (QED) is 0.468. The molecule has 0 bridgehead atoms. The first-order valence-electron chi connectivity index (χ1n) is 5.98. The van der Waals surface area contributed by atoms with Crippen LogP contribution in [0.4, 0.5) is 5.69 Å². The fourth-order valence-corrected chi connectivity index (χ4v) is 1.57. The molecular weight excluding hydrogens is 284 g/mol. The zero-order valence-corrected chi connectivity index (χ0v) is 12.1. The summed E-state index contributed by atoms with van der Waals surface area (Å²) < 4.78 is 9.83. The topological polar surface area (TPSA) is 90.6 Å². The molecule has 1 aromatic carbocycles. The first-order valence-corrected chi connectivity index (χ1v) is 6.36. The third-order valence-electron chi connectivity index (χ3n) is 2.49. The molecule has 1 unspecified atom stereocenters. The molecule has 0 saturated heterocycles. The molecule has 0 aromatic heterocycles. The Balaban J connectivity index is 2.61. The number of carbonyl (C=O) groups excluding carboxylic acids is 2. The first-order chi connectivity index (χ1) is 9.45. The van der Waals surface area contributed by atoms with Gasteiger partial charge in [0.15, 0.2) is 6.10 Å². The second-order valence-corrected chi connectivity index (χ2v) is 4.50. The molecule has 0 radical (unpaired) electrons. The molecular formula is C13H17ClN2O4. The SMILES string of the molecule is COCCNC(=O)C(C)OC(=O)c1cc(Cl)ccc1N. The van der Waals surface area contributed by atoms with E-state index in [4.69, 9.17) is 26.8 Å². The van der Waals surface area contributed by atoms with Crippen molar-refractivity contribution in [1.82, 2.24) is 5.32 Å². The summed E-state index contributed by atoms with van der Waals surface area (Å²) >= 11 is 5.79. The molecule has 1 rings (SSSR count). The summed E-state index contributed by atoms with van der Waals surface area (Å²) in [6.07, 6.45) is -0.933. The minimum absolute atomic E-state index is 0.133. The van der Waals surface area contributed by atoms with Gasteiger partial charge >= 0.3 is 5.97 Å². The average molecular weight is 301 g/mol. The normalized spacial score (nSPS) is 11.8. The van der Waals surface area contributed by atoms with Crippen LogP contribution in [0.1, 0.15) is 17.3 Å². The number of nitrogens with two attached hydrogens (primary N) is 1. The fraction of sp³-hybridized carbons (Fsp3) is 0.385. The highest BCUT2D eigenvalue weighted by atomic mass is 35.5. The molecule has 3 N–H and O–H groups in total. The Bertz CT molecular complexity index is 493. The number of esters is 1. The van der Waals surface area contributed by atoms with Crippen LogP contribution in [0.25, 0.3) is 0 Å². The van der Waals surface area contributed by atoms with Gasteiger partial charge in [0.25, 0.3) is 5.91 Å². The lowest BCUT2D eigenvalue weighted by molar-refractivity contribution is -0.129. The van der Waals surface area contributed by atoms with Crippen LogP contribution in [0.3, 0.4) is 0 Å². The number of hydrogen-bond acceptors (Lipinski definition) is 5. The van der Waals surface area contributed by atoms with E-state index >= 15 is 0 Å². The molecule has 1 atom stereocenters. The van der Waals surface area contributed by atoms with Crippen LogP contribution in [-0.4, -0.2) is 38.2 Å². The van der Waals surface area contributed by atoms with Gasteiger partial charge in [-0.1, -0.05) is 11.6 Å². The van der Waals surface area contributed by atoms with E-state index in [2.05, 4.69) is 5.32 Å². The zero-order chi connectivity index (χ0) is 15.1. The Hall–Kier alpha value is -1.79. The van der Waals surface area contributed by atoms with Gasteiger partial charge < -0.3 is 20.5 Å². The second-order valence-electron chi connectivity index (χ2n) is 4.06. The van der Waals surface area contributed by atoms with E-state index in [9.17, 15) is 9.59 Å². The molecule has 1 aromatic rings. The molecule has 110 valence electrons. The van der Waals surface area contributed by atoms with Crippen LogP contribution in [-0.2, 0) is 14.3 Å². The maximum Gasteiger partial charge on any atom is 0.341 e. The minimum Gasteiger partial charge on any atom is -0.449 e. The van der Waals surface area contributed by atoms with Crippen LogP contribution in [0, 0.1) is 0 Å². The summed E-state index contributed by atoms with van der Waals surface area (Å²) in [5, 5.41) is 2.93. The van der Waals surface area contributed by atoms with Crippen molar-refractivity contribution in [1.29, 1.82) is 0 Å². The smallest absolute Gasteiger partial charge is 0.341 e. The molecule has 20 heavy (non-hydrogen) atoms. The molecule has 6 nitrogen and oxygen atoms in total. The standard InChI is InChI=1S/C13H17ClN2O4/c1-8(12(17)16-5-6-19-2)20-13(18)10-7-9(14)3-4-11(10)15/h3-4,7-8H,5-6,15H2,1-2H3,(H,16,17). The largest absolute Gasteiger partial charge is 0.449 e. The molecule has 1 amide bonds. The van der Waals surface area contributed by atoms with E-state index in [1.54, 1.807) is 6.07 Å². The Kier molecular flexibility index (Phi) is 6.27. The fourth-order valence-electron chi connectivity index (χ4n) is 1.40. The summed E-state index contributed by atoms with van der Waals surface area (Å²) in [5.41, 5.74) is 6.04. The van der Waals surface area contributed by atoms with E-state index in [-0.39, 0.29) is 11.3 Å².